The van der Waals surface area contributed by atoms with Gasteiger partial charge >= 0.3 is 0 Å². The zero-order chi connectivity index (χ0) is 21.1. The molecule has 1 aliphatic rings. The lowest BCUT2D eigenvalue weighted by Crippen LogP contribution is -2.48. The van der Waals surface area contributed by atoms with Crippen LogP contribution in [0.25, 0.3) is 0 Å². The molecule has 0 bridgehead atoms. The van der Waals surface area contributed by atoms with Crippen molar-refractivity contribution >= 4 is 27.5 Å². The molecule has 2 aromatic carbocycles. The first-order valence-corrected chi connectivity index (χ1v) is 11.8. The highest BCUT2D eigenvalue weighted by atomic mass is 35.5. The number of carbonyl (C=O) groups excluding carboxylic acids is 1. The maximum absolute atomic E-state index is 13.0. The van der Waals surface area contributed by atoms with E-state index in [1.54, 1.807) is 24.3 Å². The normalized spacial score (nSPS) is 15.7. The monoisotopic (exact) mass is 434 g/mol. The second-order valence-electron chi connectivity index (χ2n) is 7.36. The summed E-state index contributed by atoms with van der Waals surface area (Å²) in [5.41, 5.74) is 1.37. The molecule has 0 unspecified atom stereocenters. The largest absolute Gasteiger partial charge is 0.351 e. The predicted molar refractivity (Wildman–Crippen MR) is 115 cm³/mol. The van der Waals surface area contributed by atoms with Crippen LogP contribution in [-0.4, -0.2) is 31.7 Å². The molecule has 156 valence electrons. The van der Waals surface area contributed by atoms with E-state index < -0.39 is 15.4 Å². The SMILES string of the molecule is CCN(CC)S(=O)(=O)c1ccc(CNC(=O)C2(c3ccc(Cl)cc3)CCC2)cc1. The van der Waals surface area contributed by atoms with Crippen LogP contribution in [0.3, 0.4) is 0 Å². The van der Waals surface area contributed by atoms with Gasteiger partial charge in [-0.05, 0) is 48.2 Å². The molecule has 2 aromatic rings. The standard InChI is InChI=1S/C22H27ClN2O3S/c1-3-25(4-2)29(27,28)20-12-6-17(7-13-20)16-24-21(26)22(14-5-15-22)18-8-10-19(23)11-9-18/h6-13H,3-5,14-16H2,1-2H3,(H,24,26). The van der Waals surface area contributed by atoms with Crippen molar-refractivity contribution in [3.8, 4) is 0 Å². The fourth-order valence-electron chi connectivity index (χ4n) is 3.79. The highest BCUT2D eigenvalue weighted by molar-refractivity contribution is 7.89. The van der Waals surface area contributed by atoms with E-state index in [2.05, 4.69) is 5.32 Å². The van der Waals surface area contributed by atoms with E-state index in [4.69, 9.17) is 11.6 Å². The van der Waals surface area contributed by atoms with Gasteiger partial charge in [0.15, 0.2) is 0 Å². The van der Waals surface area contributed by atoms with Crippen molar-refractivity contribution in [3.63, 3.8) is 0 Å². The Labute approximate surface area is 178 Å². The summed E-state index contributed by atoms with van der Waals surface area (Å²) in [6.07, 6.45) is 2.66. The summed E-state index contributed by atoms with van der Waals surface area (Å²) < 4.78 is 26.6. The van der Waals surface area contributed by atoms with E-state index in [1.807, 2.05) is 38.1 Å². The quantitative estimate of drug-likeness (QED) is 0.679. The second kappa shape index (κ2) is 8.86. The molecular formula is C22H27ClN2O3S. The summed E-state index contributed by atoms with van der Waals surface area (Å²) >= 11 is 5.98. The molecule has 0 spiro atoms. The van der Waals surface area contributed by atoms with E-state index >= 15 is 0 Å². The van der Waals surface area contributed by atoms with Crippen molar-refractivity contribution in [1.82, 2.24) is 9.62 Å². The molecular weight excluding hydrogens is 408 g/mol. The Kier molecular flexibility index (Phi) is 6.66. The highest BCUT2D eigenvalue weighted by Crippen LogP contribution is 2.44. The first kappa shape index (κ1) is 21.8. The van der Waals surface area contributed by atoms with Crippen molar-refractivity contribution in [1.29, 1.82) is 0 Å². The van der Waals surface area contributed by atoms with Gasteiger partial charge in [-0.15, -0.1) is 0 Å². The third kappa shape index (κ3) is 4.34. The van der Waals surface area contributed by atoms with Crippen molar-refractivity contribution in [2.24, 2.45) is 0 Å². The molecule has 1 fully saturated rings. The number of amides is 1. The number of sulfonamides is 1. The van der Waals surface area contributed by atoms with Gasteiger partial charge in [-0.3, -0.25) is 4.79 Å². The first-order chi connectivity index (χ1) is 13.8. The average Bonchev–Trinajstić information content (AvgIpc) is 2.68. The lowest BCUT2D eigenvalue weighted by molar-refractivity contribution is -0.130. The molecule has 5 nitrogen and oxygen atoms in total. The van der Waals surface area contributed by atoms with Gasteiger partial charge in [0.1, 0.15) is 0 Å². The lowest BCUT2D eigenvalue weighted by Gasteiger charge is -2.40. The fraction of sp³-hybridized carbons (Fsp3) is 0.409. The van der Waals surface area contributed by atoms with Crippen LogP contribution < -0.4 is 5.32 Å². The van der Waals surface area contributed by atoms with Crippen molar-refractivity contribution in [2.45, 2.75) is 50.0 Å². The number of nitrogens with zero attached hydrogens (tertiary/aromatic N) is 1. The number of rotatable bonds is 8. The van der Waals surface area contributed by atoms with Gasteiger partial charge in [0.05, 0.1) is 10.3 Å². The number of halogens is 1. The van der Waals surface area contributed by atoms with Crippen LogP contribution in [-0.2, 0) is 26.8 Å². The molecule has 0 heterocycles. The van der Waals surface area contributed by atoms with E-state index in [-0.39, 0.29) is 10.8 Å². The first-order valence-electron chi connectivity index (χ1n) is 9.97. The molecule has 0 aliphatic heterocycles. The zero-order valence-electron chi connectivity index (χ0n) is 16.8. The van der Waals surface area contributed by atoms with Crippen LogP contribution in [0.4, 0.5) is 0 Å². The molecule has 1 aliphatic carbocycles. The molecule has 1 saturated carbocycles. The van der Waals surface area contributed by atoms with E-state index in [0.717, 1.165) is 30.4 Å². The van der Waals surface area contributed by atoms with Crippen molar-refractivity contribution in [2.75, 3.05) is 13.1 Å². The van der Waals surface area contributed by atoms with Gasteiger partial charge < -0.3 is 5.32 Å². The number of benzene rings is 2. The Morgan fingerprint density at radius 1 is 1.03 bits per heavy atom. The molecule has 0 aromatic heterocycles. The van der Waals surface area contributed by atoms with E-state index in [9.17, 15) is 13.2 Å². The third-order valence-electron chi connectivity index (χ3n) is 5.76. The molecule has 29 heavy (non-hydrogen) atoms. The predicted octanol–water partition coefficient (Wildman–Crippen LogP) is 4.11. The van der Waals surface area contributed by atoms with Gasteiger partial charge in [0.25, 0.3) is 0 Å². The Hall–Kier alpha value is -1.89. The summed E-state index contributed by atoms with van der Waals surface area (Å²) in [5.74, 6) is 0.00547. The molecule has 0 saturated heterocycles. The maximum atomic E-state index is 13.0. The number of hydrogen-bond donors (Lipinski definition) is 1. The highest BCUT2D eigenvalue weighted by Gasteiger charge is 2.45. The Balaban J connectivity index is 1.68. The minimum Gasteiger partial charge on any atom is -0.351 e. The average molecular weight is 435 g/mol. The second-order valence-corrected chi connectivity index (χ2v) is 9.73. The van der Waals surface area contributed by atoms with Crippen LogP contribution in [0, 0.1) is 0 Å². The summed E-state index contributed by atoms with van der Waals surface area (Å²) in [4.78, 5) is 13.2. The maximum Gasteiger partial charge on any atom is 0.243 e. The van der Waals surface area contributed by atoms with Crippen LogP contribution >= 0.6 is 11.6 Å². The van der Waals surface area contributed by atoms with Gasteiger partial charge in [-0.2, -0.15) is 4.31 Å². The van der Waals surface area contributed by atoms with Crippen LogP contribution in [0.1, 0.15) is 44.2 Å². The van der Waals surface area contributed by atoms with E-state index in [0.29, 0.717) is 24.7 Å². The van der Waals surface area contributed by atoms with Crippen LogP contribution in [0.2, 0.25) is 5.02 Å². The van der Waals surface area contributed by atoms with Gasteiger partial charge in [0, 0.05) is 24.7 Å². The summed E-state index contributed by atoms with van der Waals surface area (Å²) in [7, 11) is -3.47. The van der Waals surface area contributed by atoms with Crippen molar-refractivity contribution in [3.05, 3.63) is 64.7 Å². The van der Waals surface area contributed by atoms with E-state index in [1.165, 1.54) is 4.31 Å². The van der Waals surface area contributed by atoms with Gasteiger partial charge in [-0.25, -0.2) is 8.42 Å². The van der Waals surface area contributed by atoms with Gasteiger partial charge in [0.2, 0.25) is 15.9 Å². The fourth-order valence-corrected chi connectivity index (χ4v) is 5.37. The molecule has 0 radical (unpaired) electrons. The number of nitrogens with one attached hydrogen (secondary N) is 1. The zero-order valence-corrected chi connectivity index (χ0v) is 18.4. The molecule has 1 N–H and O–H groups in total. The molecule has 1 amide bonds. The summed E-state index contributed by atoms with van der Waals surface area (Å²) in [5, 5.41) is 3.68. The number of hydrogen-bond acceptors (Lipinski definition) is 3. The smallest absolute Gasteiger partial charge is 0.243 e. The molecule has 7 heteroatoms. The third-order valence-corrected chi connectivity index (χ3v) is 8.07. The topological polar surface area (TPSA) is 66.5 Å². The summed E-state index contributed by atoms with van der Waals surface area (Å²) in [6.45, 7) is 4.87. The minimum atomic E-state index is -3.47. The Morgan fingerprint density at radius 2 is 1.62 bits per heavy atom. The molecule has 0 atom stereocenters. The Morgan fingerprint density at radius 3 is 2.10 bits per heavy atom. The lowest BCUT2D eigenvalue weighted by atomic mass is 9.64. The Bertz CT molecular complexity index is 949. The minimum absolute atomic E-state index is 0.00547. The van der Waals surface area contributed by atoms with Crippen LogP contribution in [0.5, 0.6) is 0 Å². The number of carbonyl (C=O) groups is 1. The molecule has 3 rings (SSSR count). The van der Waals surface area contributed by atoms with Crippen molar-refractivity contribution < 1.29 is 13.2 Å². The summed E-state index contributed by atoms with van der Waals surface area (Å²) in [6, 6.07) is 14.2. The van der Waals surface area contributed by atoms with Gasteiger partial charge in [-0.1, -0.05) is 56.1 Å². The van der Waals surface area contributed by atoms with Crippen LogP contribution in [0.15, 0.2) is 53.4 Å².